The minimum absolute atomic E-state index is 0.343. The van der Waals surface area contributed by atoms with Crippen molar-refractivity contribution >= 4 is 21.4 Å². The molecule has 0 aliphatic rings. The van der Waals surface area contributed by atoms with Gasteiger partial charge in [-0.25, -0.2) is 0 Å². The first kappa shape index (κ1) is 5.74. The van der Waals surface area contributed by atoms with Crippen LogP contribution in [0.3, 0.4) is 0 Å². The molecule has 2 aromatic rings. The lowest BCUT2D eigenvalue weighted by atomic mass is 10.2. The highest BCUT2D eigenvalue weighted by atomic mass is 32.1. The van der Waals surface area contributed by atoms with Crippen molar-refractivity contribution in [2.45, 2.75) is 0 Å². The van der Waals surface area contributed by atoms with E-state index in [4.69, 9.17) is 0 Å². The Morgan fingerprint density at radius 1 is 1.40 bits per heavy atom. The van der Waals surface area contributed by atoms with E-state index < -0.39 is 0 Å². The highest BCUT2D eigenvalue weighted by Gasteiger charge is 1.97. The van der Waals surface area contributed by atoms with Crippen LogP contribution >= 0.6 is 11.3 Å². The van der Waals surface area contributed by atoms with Gasteiger partial charge >= 0.3 is 0 Å². The standard InChI is InChI=1S/C8H5OS/c9-7-2-1-3-8-6(7)4-5-10-8/h1-4,9H. The average Bonchev–Trinajstić information content (AvgIpc) is 2.36. The number of phenols is 1. The summed E-state index contributed by atoms with van der Waals surface area (Å²) >= 11 is 1.52. The van der Waals surface area contributed by atoms with Gasteiger partial charge in [-0.1, -0.05) is 6.07 Å². The maximum absolute atomic E-state index is 9.25. The van der Waals surface area contributed by atoms with Crippen molar-refractivity contribution in [2.75, 3.05) is 0 Å². The van der Waals surface area contributed by atoms with Gasteiger partial charge < -0.3 is 5.11 Å². The van der Waals surface area contributed by atoms with Crippen LogP contribution in [-0.2, 0) is 0 Å². The molecule has 1 aromatic carbocycles. The summed E-state index contributed by atoms with van der Waals surface area (Å²) in [7, 11) is 0. The summed E-state index contributed by atoms with van der Waals surface area (Å²) < 4.78 is 1.08. The van der Waals surface area contributed by atoms with Crippen molar-refractivity contribution in [2.24, 2.45) is 0 Å². The van der Waals surface area contributed by atoms with Gasteiger partial charge in [0.25, 0.3) is 0 Å². The second-order valence-corrected chi connectivity index (χ2v) is 2.93. The van der Waals surface area contributed by atoms with E-state index in [1.807, 2.05) is 12.1 Å². The Kier molecular flexibility index (Phi) is 1.14. The second kappa shape index (κ2) is 1.99. The number of rotatable bonds is 0. The van der Waals surface area contributed by atoms with Crippen molar-refractivity contribution < 1.29 is 5.11 Å². The van der Waals surface area contributed by atoms with Gasteiger partial charge in [-0.2, -0.15) is 0 Å². The number of thiophene rings is 1. The molecule has 49 valence electrons. The van der Waals surface area contributed by atoms with Gasteiger partial charge in [-0.3, -0.25) is 0 Å². The molecule has 0 amide bonds. The van der Waals surface area contributed by atoms with Gasteiger partial charge in [-0.15, -0.1) is 11.3 Å². The Balaban J connectivity index is 2.95. The van der Waals surface area contributed by atoms with Gasteiger partial charge in [0, 0.05) is 15.5 Å². The zero-order chi connectivity index (χ0) is 6.97. The fraction of sp³-hybridized carbons (Fsp3) is 0. The lowest BCUT2D eigenvalue weighted by Crippen LogP contribution is -1.62. The van der Waals surface area contributed by atoms with Crippen molar-refractivity contribution in [3.8, 4) is 5.75 Å². The van der Waals surface area contributed by atoms with Crippen LogP contribution in [0, 0.1) is 5.38 Å². The number of hydrogen-bond acceptors (Lipinski definition) is 2. The average molecular weight is 149 g/mol. The molecule has 0 saturated carbocycles. The molecular formula is C8H5OS. The van der Waals surface area contributed by atoms with Crippen LogP contribution in [0.1, 0.15) is 0 Å². The van der Waals surface area contributed by atoms with Gasteiger partial charge in [0.1, 0.15) is 5.75 Å². The summed E-state index contributed by atoms with van der Waals surface area (Å²) in [4.78, 5) is 0. The summed E-state index contributed by atoms with van der Waals surface area (Å²) in [6.45, 7) is 0. The minimum atomic E-state index is 0.343. The zero-order valence-corrected chi connectivity index (χ0v) is 5.98. The van der Waals surface area contributed by atoms with E-state index in [1.54, 1.807) is 12.1 Å². The van der Waals surface area contributed by atoms with Crippen molar-refractivity contribution in [3.05, 3.63) is 29.6 Å². The van der Waals surface area contributed by atoms with Crippen LogP contribution in [0.25, 0.3) is 10.1 Å². The molecule has 0 atom stereocenters. The maximum Gasteiger partial charge on any atom is 0.124 e. The molecule has 2 heteroatoms. The summed E-state index contributed by atoms with van der Waals surface area (Å²) in [5, 5.41) is 13.1. The molecule has 0 saturated heterocycles. The van der Waals surface area contributed by atoms with Crippen molar-refractivity contribution in [3.63, 3.8) is 0 Å². The zero-order valence-electron chi connectivity index (χ0n) is 5.16. The Labute approximate surface area is 62.5 Å². The fourth-order valence-corrected chi connectivity index (χ4v) is 1.64. The minimum Gasteiger partial charge on any atom is -0.507 e. The molecule has 1 radical (unpaired) electrons. The third-order valence-electron chi connectivity index (χ3n) is 1.42. The van der Waals surface area contributed by atoms with E-state index >= 15 is 0 Å². The first-order chi connectivity index (χ1) is 4.88. The Bertz CT molecular complexity index is 351. The van der Waals surface area contributed by atoms with Crippen LogP contribution in [0.5, 0.6) is 5.75 Å². The van der Waals surface area contributed by atoms with Gasteiger partial charge in [0.2, 0.25) is 0 Å². The third-order valence-corrected chi connectivity index (χ3v) is 2.23. The molecular weight excluding hydrogens is 144 g/mol. The molecule has 10 heavy (non-hydrogen) atoms. The third kappa shape index (κ3) is 0.693. The van der Waals surface area contributed by atoms with Crippen LogP contribution in [0.4, 0.5) is 0 Å². The topological polar surface area (TPSA) is 20.2 Å². The lowest BCUT2D eigenvalue weighted by molar-refractivity contribution is 0.482. The molecule has 0 aliphatic heterocycles. The van der Waals surface area contributed by atoms with Crippen molar-refractivity contribution in [1.82, 2.24) is 0 Å². The second-order valence-electron chi connectivity index (χ2n) is 2.05. The number of benzene rings is 1. The molecule has 1 aromatic heterocycles. The van der Waals surface area contributed by atoms with Gasteiger partial charge in [-0.05, 0) is 18.2 Å². The highest BCUT2D eigenvalue weighted by molar-refractivity contribution is 7.16. The van der Waals surface area contributed by atoms with Crippen LogP contribution in [0.2, 0.25) is 0 Å². The van der Waals surface area contributed by atoms with E-state index in [9.17, 15) is 5.11 Å². The molecule has 1 heterocycles. The molecule has 0 fully saturated rings. The summed E-state index contributed by atoms with van der Waals surface area (Å²) in [5.41, 5.74) is 0. The predicted octanol–water partition coefficient (Wildman–Crippen LogP) is 2.41. The number of fused-ring (bicyclic) bond motifs is 1. The molecule has 0 unspecified atom stereocenters. The van der Waals surface area contributed by atoms with Gasteiger partial charge in [0.15, 0.2) is 0 Å². The lowest BCUT2D eigenvalue weighted by Gasteiger charge is -1.90. The van der Waals surface area contributed by atoms with Crippen LogP contribution in [0.15, 0.2) is 24.3 Å². The normalized spacial score (nSPS) is 10.4. The van der Waals surface area contributed by atoms with E-state index in [0.29, 0.717) is 5.75 Å². The van der Waals surface area contributed by atoms with E-state index in [2.05, 4.69) is 5.38 Å². The van der Waals surface area contributed by atoms with E-state index in [-0.39, 0.29) is 0 Å². The summed E-state index contributed by atoms with van der Waals surface area (Å²) in [6.07, 6.45) is 0. The first-order valence-corrected chi connectivity index (χ1v) is 3.77. The molecule has 0 spiro atoms. The Morgan fingerprint density at radius 3 is 3.10 bits per heavy atom. The van der Waals surface area contributed by atoms with E-state index in [0.717, 1.165) is 10.1 Å². The number of phenolic OH excluding ortho intramolecular Hbond substituents is 1. The van der Waals surface area contributed by atoms with Crippen molar-refractivity contribution in [1.29, 1.82) is 0 Å². The molecule has 2 rings (SSSR count). The van der Waals surface area contributed by atoms with Crippen LogP contribution < -0.4 is 0 Å². The largest absolute Gasteiger partial charge is 0.507 e. The molecule has 1 N–H and O–H groups in total. The number of hydrogen-bond donors (Lipinski definition) is 1. The summed E-state index contributed by atoms with van der Waals surface area (Å²) in [6, 6.07) is 7.29. The Hall–Kier alpha value is -1.02. The molecule has 0 bridgehead atoms. The Morgan fingerprint density at radius 2 is 2.30 bits per heavy atom. The number of aromatic hydroxyl groups is 1. The monoisotopic (exact) mass is 149 g/mol. The highest BCUT2D eigenvalue weighted by Crippen LogP contribution is 2.27. The fourth-order valence-electron chi connectivity index (χ4n) is 0.918. The molecule has 1 nitrogen and oxygen atoms in total. The maximum atomic E-state index is 9.25. The van der Waals surface area contributed by atoms with Crippen LogP contribution in [-0.4, -0.2) is 5.11 Å². The van der Waals surface area contributed by atoms with E-state index in [1.165, 1.54) is 11.3 Å². The predicted molar refractivity (Wildman–Crippen MR) is 42.3 cm³/mol. The smallest absolute Gasteiger partial charge is 0.124 e. The quantitative estimate of drug-likeness (QED) is 0.609. The first-order valence-electron chi connectivity index (χ1n) is 2.95. The summed E-state index contributed by atoms with van der Waals surface area (Å²) in [5.74, 6) is 0.343. The molecule has 0 aliphatic carbocycles. The SMILES string of the molecule is Oc1cccc2s[c]cc12. The van der Waals surface area contributed by atoms with Gasteiger partial charge in [0.05, 0.1) is 0 Å².